The number of carboxylic acids is 1. The minimum atomic E-state index is -0.799. The average Bonchev–Trinajstić information content (AvgIpc) is 3.45. The third kappa shape index (κ3) is 2.46. The monoisotopic (exact) mass is 470 g/mol. The number of aliphatic hydroxyl groups excluding tert-OH is 2. The molecule has 0 aromatic rings. The Hall–Kier alpha value is -0.870. The first-order chi connectivity index (χ1) is 15.7. The predicted molar refractivity (Wildman–Crippen MR) is 132 cm³/mol. The fourth-order valence-corrected chi connectivity index (χ4v) is 11.5. The van der Waals surface area contributed by atoms with Gasteiger partial charge in [-0.05, 0) is 103 Å². The van der Waals surface area contributed by atoms with Gasteiger partial charge in [0.25, 0.3) is 0 Å². The van der Waals surface area contributed by atoms with E-state index >= 15 is 0 Å². The van der Waals surface area contributed by atoms with Gasteiger partial charge >= 0.3 is 5.97 Å². The lowest BCUT2D eigenvalue weighted by Gasteiger charge is -2.68. The average molecular weight is 471 g/mol. The van der Waals surface area contributed by atoms with Crippen LogP contribution in [-0.4, -0.2) is 33.5 Å². The summed E-state index contributed by atoms with van der Waals surface area (Å²) in [5.41, 5.74) is 0.964. The minimum absolute atomic E-state index is 0.0481. The maximum absolute atomic E-state index is 12.8. The van der Waals surface area contributed by atoms with Gasteiger partial charge in [0.05, 0.1) is 17.6 Å². The van der Waals surface area contributed by atoms with Gasteiger partial charge in [0.2, 0.25) is 0 Å². The van der Waals surface area contributed by atoms with Crippen LogP contribution in [0, 0.1) is 56.2 Å². The molecule has 4 heteroatoms. The van der Waals surface area contributed by atoms with Crippen molar-refractivity contribution < 1.29 is 20.1 Å². The first-order valence-electron chi connectivity index (χ1n) is 14.0. The second kappa shape index (κ2) is 6.52. The second-order valence-corrected chi connectivity index (χ2v) is 15.3. The lowest BCUT2D eigenvalue weighted by Crippen LogP contribution is -2.63. The zero-order valence-electron chi connectivity index (χ0n) is 22.2. The largest absolute Gasteiger partial charge is 0.481 e. The quantitative estimate of drug-likeness (QED) is 0.422. The summed E-state index contributed by atoms with van der Waals surface area (Å²) in [5, 5.41) is 32.4. The number of hydrogen-bond acceptors (Lipinski definition) is 3. The highest BCUT2D eigenvalue weighted by molar-refractivity contribution is 5.77. The molecule has 6 aliphatic carbocycles. The van der Waals surface area contributed by atoms with Crippen LogP contribution < -0.4 is 0 Å². The van der Waals surface area contributed by atoms with Crippen LogP contribution in [0.4, 0.5) is 0 Å². The first kappa shape index (κ1) is 23.5. The lowest BCUT2D eigenvalue weighted by atomic mass is 9.36. The van der Waals surface area contributed by atoms with Gasteiger partial charge in [-0.1, -0.05) is 53.2 Å². The van der Waals surface area contributed by atoms with E-state index in [9.17, 15) is 20.1 Å². The van der Waals surface area contributed by atoms with E-state index in [-0.39, 0.29) is 39.1 Å². The Morgan fingerprint density at radius 2 is 1.59 bits per heavy atom. The molecule has 1 unspecified atom stereocenters. The van der Waals surface area contributed by atoms with E-state index in [1.54, 1.807) is 0 Å². The maximum atomic E-state index is 12.8. The van der Waals surface area contributed by atoms with Crippen molar-refractivity contribution in [3.63, 3.8) is 0 Å². The minimum Gasteiger partial charge on any atom is -0.481 e. The van der Waals surface area contributed by atoms with Crippen molar-refractivity contribution >= 4 is 5.97 Å². The van der Waals surface area contributed by atoms with Crippen LogP contribution in [0.2, 0.25) is 0 Å². The molecule has 0 aromatic carbocycles. The number of rotatable bonds is 1. The lowest BCUT2D eigenvalue weighted by molar-refractivity contribution is -0.195. The molecule has 1 spiro atoms. The summed E-state index contributed by atoms with van der Waals surface area (Å²) in [6, 6.07) is 0. The van der Waals surface area contributed by atoms with Crippen molar-refractivity contribution in [3.05, 3.63) is 11.6 Å². The maximum Gasteiger partial charge on any atom is 0.310 e. The first-order valence-corrected chi connectivity index (χ1v) is 14.0. The second-order valence-electron chi connectivity index (χ2n) is 15.3. The molecule has 0 heterocycles. The predicted octanol–water partition coefficient (Wildman–Crippen LogP) is 5.81. The van der Waals surface area contributed by atoms with Crippen molar-refractivity contribution in [2.24, 2.45) is 56.2 Å². The summed E-state index contributed by atoms with van der Waals surface area (Å²) < 4.78 is 0. The van der Waals surface area contributed by atoms with Gasteiger partial charge in [0.15, 0.2) is 0 Å². The number of carboxylic acid groups (broad SMARTS) is 1. The van der Waals surface area contributed by atoms with E-state index in [2.05, 4.69) is 47.6 Å². The third-order valence-corrected chi connectivity index (χ3v) is 13.5. The third-order valence-electron chi connectivity index (χ3n) is 13.5. The molecule has 0 saturated heterocycles. The fraction of sp³-hybridized carbons (Fsp3) is 0.900. The number of aliphatic carboxylic acids is 1. The molecule has 10 atom stereocenters. The fourth-order valence-electron chi connectivity index (χ4n) is 11.5. The smallest absolute Gasteiger partial charge is 0.310 e. The molecule has 5 fully saturated rings. The Bertz CT molecular complexity index is 965. The van der Waals surface area contributed by atoms with Crippen LogP contribution >= 0.6 is 0 Å². The van der Waals surface area contributed by atoms with E-state index in [0.717, 1.165) is 38.5 Å². The zero-order valence-corrected chi connectivity index (χ0v) is 22.2. The molecule has 4 nitrogen and oxygen atoms in total. The Balaban J connectivity index is 1.45. The topological polar surface area (TPSA) is 77.8 Å². The van der Waals surface area contributed by atoms with Gasteiger partial charge in [-0.25, -0.2) is 0 Å². The summed E-state index contributed by atoms with van der Waals surface area (Å²) in [7, 11) is 0. The van der Waals surface area contributed by atoms with Gasteiger partial charge in [0, 0.05) is 5.41 Å². The molecule has 5 saturated carbocycles. The standard InChI is InChI=1S/C30H46O4/c1-25(2)15-19-18-7-8-21-27(5)11-10-22(31)26(3,4)20(27)9-12-28(21,6)30(18)14-17(30)13-29(19,24(33)34)16-23(25)32/h7,17,19-23,31-32H,8-16H2,1-6H3,(H,33,34)/t17-,19-,20?,21-,22+,23+,27+,28-,29-,30-/m1/s1. The van der Waals surface area contributed by atoms with Crippen LogP contribution in [0.3, 0.4) is 0 Å². The van der Waals surface area contributed by atoms with Crippen molar-refractivity contribution in [1.29, 1.82) is 0 Å². The summed E-state index contributed by atoms with van der Waals surface area (Å²) in [4.78, 5) is 12.8. The van der Waals surface area contributed by atoms with E-state index in [1.807, 2.05) is 0 Å². The van der Waals surface area contributed by atoms with Crippen LogP contribution in [-0.2, 0) is 4.79 Å². The highest BCUT2D eigenvalue weighted by Gasteiger charge is 2.79. The molecular weight excluding hydrogens is 424 g/mol. The van der Waals surface area contributed by atoms with Crippen LogP contribution in [0.5, 0.6) is 0 Å². The number of hydrogen-bond donors (Lipinski definition) is 3. The highest BCUT2D eigenvalue weighted by atomic mass is 16.4. The molecule has 3 N–H and O–H groups in total. The molecule has 34 heavy (non-hydrogen) atoms. The number of carbonyl (C=O) groups is 1. The van der Waals surface area contributed by atoms with Gasteiger partial charge in [0.1, 0.15) is 0 Å². The molecule has 0 radical (unpaired) electrons. The van der Waals surface area contributed by atoms with Crippen molar-refractivity contribution in [1.82, 2.24) is 0 Å². The SMILES string of the molecule is CC1(C)C[C@@H]2C3=CC[C@@H]4[C@@]5(C)CC[C@H](O)C(C)(C)C5CC[C@@]4(C)[C@@]34C[C@H]4C[C@@]2(C(=O)O)C[C@@H]1O. The van der Waals surface area contributed by atoms with Crippen molar-refractivity contribution in [2.75, 3.05) is 0 Å². The van der Waals surface area contributed by atoms with Crippen molar-refractivity contribution in [2.45, 2.75) is 112 Å². The summed E-state index contributed by atoms with van der Waals surface area (Å²) in [5.74, 6) is 0.943. The van der Waals surface area contributed by atoms with Crippen LogP contribution in [0.25, 0.3) is 0 Å². The van der Waals surface area contributed by atoms with Gasteiger partial charge in [-0.2, -0.15) is 0 Å². The van der Waals surface area contributed by atoms with Crippen LogP contribution in [0.15, 0.2) is 11.6 Å². The molecule has 0 bridgehead atoms. The van der Waals surface area contributed by atoms with Gasteiger partial charge < -0.3 is 15.3 Å². The zero-order chi connectivity index (χ0) is 24.7. The number of aliphatic hydroxyl groups is 2. The Morgan fingerprint density at radius 3 is 2.26 bits per heavy atom. The summed E-state index contributed by atoms with van der Waals surface area (Å²) in [6.07, 6.45) is 10.2. The molecule has 6 aliphatic rings. The molecule has 0 amide bonds. The molecule has 0 aliphatic heterocycles. The number of allylic oxidation sites excluding steroid dienone is 2. The van der Waals surface area contributed by atoms with E-state index in [4.69, 9.17) is 0 Å². The number of fused-ring (bicyclic) bond motifs is 5. The van der Waals surface area contributed by atoms with E-state index in [0.29, 0.717) is 24.2 Å². The summed E-state index contributed by atoms with van der Waals surface area (Å²) in [6.45, 7) is 13.9. The Kier molecular flexibility index (Phi) is 4.51. The van der Waals surface area contributed by atoms with Gasteiger partial charge in [-0.15, -0.1) is 0 Å². The molecule has 190 valence electrons. The normalized spacial score (nSPS) is 56.5. The van der Waals surface area contributed by atoms with Crippen LogP contribution in [0.1, 0.15) is 99.3 Å². The van der Waals surface area contributed by atoms with Crippen molar-refractivity contribution in [3.8, 4) is 0 Å². The Labute approximate surface area is 205 Å². The van der Waals surface area contributed by atoms with E-state index in [1.165, 1.54) is 18.4 Å². The Morgan fingerprint density at radius 1 is 0.882 bits per heavy atom. The molecule has 6 rings (SSSR count). The highest BCUT2D eigenvalue weighted by Crippen LogP contribution is 2.84. The molecular formula is C30H46O4. The van der Waals surface area contributed by atoms with Gasteiger partial charge in [-0.3, -0.25) is 4.79 Å². The summed E-state index contributed by atoms with van der Waals surface area (Å²) >= 11 is 0. The van der Waals surface area contributed by atoms with E-state index < -0.39 is 17.5 Å². The molecule has 0 aromatic heterocycles.